The molecule has 3 aromatic rings. The number of ether oxygens (including phenoxy) is 1. The van der Waals surface area contributed by atoms with Crippen LogP contribution in [-0.4, -0.2) is 64.8 Å². The van der Waals surface area contributed by atoms with Gasteiger partial charge in [-0.15, -0.1) is 10.2 Å². The van der Waals surface area contributed by atoms with E-state index in [4.69, 9.17) is 4.74 Å². The van der Waals surface area contributed by atoms with Crippen LogP contribution in [0.25, 0.3) is 0 Å². The maximum absolute atomic E-state index is 12.5. The smallest absolute Gasteiger partial charge is 0.407 e. The van der Waals surface area contributed by atoms with Crippen molar-refractivity contribution >= 4 is 29.5 Å². The molecule has 2 N–H and O–H groups in total. The molecule has 1 aliphatic rings. The van der Waals surface area contributed by atoms with Crippen molar-refractivity contribution in [2.45, 2.75) is 13.5 Å². The van der Waals surface area contributed by atoms with E-state index in [1.807, 2.05) is 61.5 Å². The van der Waals surface area contributed by atoms with Gasteiger partial charge in [0.1, 0.15) is 19.0 Å². The van der Waals surface area contributed by atoms with Crippen LogP contribution in [0.15, 0.2) is 60.8 Å². The molecular formula is C24H27N7O3. The summed E-state index contributed by atoms with van der Waals surface area (Å²) in [6.07, 6.45) is 1.13. The van der Waals surface area contributed by atoms with Gasteiger partial charge in [-0.1, -0.05) is 30.3 Å². The van der Waals surface area contributed by atoms with Crippen LogP contribution in [0.5, 0.6) is 0 Å². The fourth-order valence-corrected chi connectivity index (χ4v) is 3.51. The molecule has 10 nitrogen and oxygen atoms in total. The second-order valence-corrected chi connectivity index (χ2v) is 7.90. The van der Waals surface area contributed by atoms with Crippen molar-refractivity contribution < 1.29 is 14.3 Å². The molecule has 2 amide bonds. The Morgan fingerprint density at radius 3 is 2.47 bits per heavy atom. The minimum atomic E-state index is -0.610. The molecule has 1 saturated heterocycles. The van der Waals surface area contributed by atoms with Crippen molar-refractivity contribution in [3.63, 3.8) is 0 Å². The van der Waals surface area contributed by atoms with Gasteiger partial charge >= 0.3 is 6.09 Å². The first-order chi connectivity index (χ1) is 16.6. The van der Waals surface area contributed by atoms with Gasteiger partial charge in [0.2, 0.25) is 5.91 Å². The molecule has 0 spiro atoms. The zero-order chi connectivity index (χ0) is 23.8. The molecule has 0 saturated carbocycles. The van der Waals surface area contributed by atoms with E-state index < -0.39 is 6.09 Å². The Morgan fingerprint density at radius 1 is 0.971 bits per heavy atom. The summed E-state index contributed by atoms with van der Waals surface area (Å²) >= 11 is 0. The molecular weight excluding hydrogens is 434 g/mol. The molecule has 4 rings (SSSR count). The zero-order valence-corrected chi connectivity index (χ0v) is 19.0. The highest BCUT2D eigenvalue weighted by atomic mass is 16.5. The number of piperazine rings is 1. The summed E-state index contributed by atoms with van der Waals surface area (Å²) < 4.78 is 5.14. The lowest BCUT2D eigenvalue weighted by Crippen LogP contribution is -2.51. The van der Waals surface area contributed by atoms with Crippen molar-refractivity contribution in [2.24, 2.45) is 0 Å². The topological polar surface area (TPSA) is 113 Å². The molecule has 0 atom stereocenters. The Hall–Kier alpha value is -4.21. The van der Waals surface area contributed by atoms with E-state index in [0.29, 0.717) is 37.8 Å². The molecule has 34 heavy (non-hydrogen) atoms. The number of hydrogen-bond donors (Lipinski definition) is 2. The Kier molecular flexibility index (Phi) is 7.49. The maximum Gasteiger partial charge on any atom is 0.407 e. The van der Waals surface area contributed by atoms with Gasteiger partial charge in [0.25, 0.3) is 0 Å². The van der Waals surface area contributed by atoms with Gasteiger partial charge in [-0.3, -0.25) is 4.79 Å². The molecule has 3 heterocycles. The molecule has 0 unspecified atom stereocenters. The van der Waals surface area contributed by atoms with E-state index in [1.54, 1.807) is 11.1 Å². The summed E-state index contributed by atoms with van der Waals surface area (Å²) in [6.45, 7) is 4.40. The average molecular weight is 462 g/mol. The van der Waals surface area contributed by atoms with Crippen LogP contribution >= 0.6 is 0 Å². The molecule has 0 radical (unpaired) electrons. The van der Waals surface area contributed by atoms with Crippen LogP contribution in [0.3, 0.4) is 0 Å². The van der Waals surface area contributed by atoms with Crippen LogP contribution < -0.4 is 15.5 Å². The van der Waals surface area contributed by atoms with Crippen molar-refractivity contribution in [1.29, 1.82) is 0 Å². The molecule has 2 aromatic heterocycles. The second-order valence-electron chi connectivity index (χ2n) is 7.90. The number of hydrogen-bond acceptors (Lipinski definition) is 8. The van der Waals surface area contributed by atoms with Gasteiger partial charge in [-0.25, -0.2) is 9.78 Å². The normalized spacial score (nSPS) is 13.3. The lowest BCUT2D eigenvalue weighted by atomic mass is 10.2. The minimum absolute atomic E-state index is 0.0964. The largest absolute Gasteiger partial charge is 0.445 e. The summed E-state index contributed by atoms with van der Waals surface area (Å²) in [5.74, 6) is 1.93. The quantitative estimate of drug-likeness (QED) is 0.552. The van der Waals surface area contributed by atoms with E-state index in [0.717, 1.165) is 16.9 Å². The predicted molar refractivity (Wildman–Crippen MR) is 128 cm³/mol. The van der Waals surface area contributed by atoms with E-state index >= 15 is 0 Å². The minimum Gasteiger partial charge on any atom is -0.445 e. The first-order valence-corrected chi connectivity index (χ1v) is 11.1. The fraction of sp³-hybridized carbons (Fsp3) is 0.292. The summed E-state index contributed by atoms with van der Waals surface area (Å²) in [5, 5.41) is 14.2. The van der Waals surface area contributed by atoms with Crippen LogP contribution in [-0.2, 0) is 16.1 Å². The van der Waals surface area contributed by atoms with E-state index in [-0.39, 0.29) is 19.1 Å². The van der Waals surface area contributed by atoms with Gasteiger partial charge in [0, 0.05) is 32.4 Å². The zero-order valence-electron chi connectivity index (χ0n) is 19.0. The number of benzene rings is 1. The maximum atomic E-state index is 12.5. The van der Waals surface area contributed by atoms with Crippen molar-refractivity contribution in [3.05, 3.63) is 71.9 Å². The number of aromatic nitrogens is 3. The Bertz CT molecular complexity index is 1100. The third kappa shape index (κ3) is 6.41. The Balaban J connectivity index is 1.19. The highest BCUT2D eigenvalue weighted by Gasteiger charge is 2.22. The van der Waals surface area contributed by atoms with Gasteiger partial charge in [-0.05, 0) is 42.3 Å². The van der Waals surface area contributed by atoms with Crippen LogP contribution in [0.1, 0.15) is 11.1 Å². The monoisotopic (exact) mass is 461 g/mol. The van der Waals surface area contributed by atoms with Crippen molar-refractivity contribution in [1.82, 2.24) is 25.4 Å². The highest BCUT2D eigenvalue weighted by molar-refractivity contribution is 5.82. The number of nitrogens with one attached hydrogen (secondary N) is 2. The lowest BCUT2D eigenvalue weighted by molar-refractivity contribution is -0.130. The number of amides is 2. The number of nitrogens with zero attached hydrogens (tertiary/aromatic N) is 5. The Morgan fingerprint density at radius 2 is 1.76 bits per heavy atom. The van der Waals surface area contributed by atoms with Crippen LogP contribution in [0.4, 0.5) is 22.2 Å². The molecule has 1 fully saturated rings. The third-order valence-corrected chi connectivity index (χ3v) is 5.38. The number of anilines is 3. The van der Waals surface area contributed by atoms with E-state index in [2.05, 4.69) is 30.7 Å². The number of carbonyl (C=O) groups is 2. The molecule has 10 heteroatoms. The third-order valence-electron chi connectivity index (χ3n) is 5.38. The summed E-state index contributed by atoms with van der Waals surface area (Å²) in [7, 11) is 0. The summed E-state index contributed by atoms with van der Waals surface area (Å²) in [5.41, 5.74) is 1.99. The predicted octanol–water partition coefficient (Wildman–Crippen LogP) is 2.50. The fourth-order valence-electron chi connectivity index (χ4n) is 3.51. The van der Waals surface area contributed by atoms with Crippen LogP contribution in [0, 0.1) is 6.92 Å². The van der Waals surface area contributed by atoms with Gasteiger partial charge in [-0.2, -0.15) is 0 Å². The molecule has 0 aliphatic carbocycles. The van der Waals surface area contributed by atoms with Crippen LogP contribution in [0.2, 0.25) is 0 Å². The van der Waals surface area contributed by atoms with Crippen molar-refractivity contribution in [3.8, 4) is 0 Å². The highest BCUT2D eigenvalue weighted by Crippen LogP contribution is 2.17. The molecule has 176 valence electrons. The summed E-state index contributed by atoms with van der Waals surface area (Å²) in [4.78, 5) is 32.4. The molecule has 1 aliphatic heterocycles. The first-order valence-electron chi connectivity index (χ1n) is 11.1. The standard InChI is InChI=1S/C24H27N7O3/c1-18-9-10-25-21(15-18)27-20-7-8-22(29-28-20)30-11-13-31(14-12-30)23(32)16-26-24(33)34-17-19-5-3-2-4-6-19/h2-10,15H,11-14,16-17H2,1H3,(H,26,33)(H,25,27,28). The van der Waals surface area contributed by atoms with Crippen molar-refractivity contribution in [2.75, 3.05) is 42.9 Å². The van der Waals surface area contributed by atoms with E-state index in [1.165, 1.54) is 0 Å². The number of carbonyl (C=O) groups excluding carboxylic acids is 2. The molecule has 1 aromatic carbocycles. The second kappa shape index (κ2) is 11.1. The summed E-state index contributed by atoms with van der Waals surface area (Å²) in [6, 6.07) is 17.0. The average Bonchev–Trinajstić information content (AvgIpc) is 2.87. The van der Waals surface area contributed by atoms with Gasteiger partial charge < -0.3 is 25.2 Å². The van der Waals surface area contributed by atoms with E-state index in [9.17, 15) is 9.59 Å². The number of aryl methyl sites for hydroxylation is 1. The first kappa shape index (κ1) is 23.0. The SMILES string of the molecule is Cc1ccnc(Nc2ccc(N3CCN(C(=O)CNC(=O)OCc4ccccc4)CC3)nn2)c1. The van der Waals surface area contributed by atoms with Gasteiger partial charge in [0.05, 0.1) is 0 Å². The van der Waals surface area contributed by atoms with Gasteiger partial charge in [0.15, 0.2) is 11.6 Å². The molecule has 0 bridgehead atoms. The lowest BCUT2D eigenvalue weighted by Gasteiger charge is -2.35. The number of alkyl carbamates (subject to hydrolysis) is 1. The Labute approximate surface area is 198 Å². The number of rotatable bonds is 7. The number of pyridine rings is 1.